The molecule has 3 nitrogen and oxygen atoms in total. The summed E-state index contributed by atoms with van der Waals surface area (Å²) in [4.78, 5) is 5.03. The van der Waals surface area contributed by atoms with Crippen LogP contribution in [0, 0.1) is 0 Å². The third kappa shape index (κ3) is 4.48. The number of benzene rings is 1. The molecule has 0 saturated carbocycles. The van der Waals surface area contributed by atoms with Crippen LogP contribution in [0.5, 0.6) is 5.75 Å². The average Bonchev–Trinajstić information content (AvgIpc) is 2.39. The zero-order chi connectivity index (χ0) is 13.7. The van der Waals surface area contributed by atoms with E-state index in [2.05, 4.69) is 39.6 Å². The van der Waals surface area contributed by atoms with Crippen LogP contribution < -0.4 is 4.74 Å². The zero-order valence-electron chi connectivity index (χ0n) is 11.8. The smallest absolute Gasteiger partial charge is 0.120 e. The van der Waals surface area contributed by atoms with Crippen molar-refractivity contribution in [3.8, 4) is 5.75 Å². The molecule has 0 aromatic heterocycles. The lowest BCUT2D eigenvalue weighted by Gasteiger charge is -2.39. The van der Waals surface area contributed by atoms with E-state index in [1.807, 2.05) is 24.3 Å². The summed E-state index contributed by atoms with van der Waals surface area (Å²) in [7, 11) is 0. The Labute approximate surface area is 124 Å². The van der Waals surface area contributed by atoms with E-state index in [4.69, 9.17) is 4.74 Å². The predicted octanol–water partition coefficient (Wildman–Crippen LogP) is 2.85. The van der Waals surface area contributed by atoms with Gasteiger partial charge in [-0.25, -0.2) is 0 Å². The van der Waals surface area contributed by atoms with Gasteiger partial charge in [-0.15, -0.1) is 0 Å². The van der Waals surface area contributed by atoms with E-state index < -0.39 is 0 Å². The van der Waals surface area contributed by atoms with Gasteiger partial charge in [-0.05, 0) is 31.7 Å². The van der Waals surface area contributed by atoms with Gasteiger partial charge >= 0.3 is 0 Å². The second kappa shape index (κ2) is 7.27. The average molecular weight is 327 g/mol. The van der Waals surface area contributed by atoms with Gasteiger partial charge in [0.05, 0.1) is 0 Å². The van der Waals surface area contributed by atoms with E-state index >= 15 is 0 Å². The first kappa shape index (κ1) is 14.8. The minimum Gasteiger partial charge on any atom is -0.492 e. The molecule has 0 bridgehead atoms. The molecule has 1 aromatic rings. The van der Waals surface area contributed by atoms with Crippen molar-refractivity contribution >= 4 is 15.9 Å². The summed E-state index contributed by atoms with van der Waals surface area (Å²) in [6.07, 6.45) is 0. The maximum Gasteiger partial charge on any atom is 0.120 e. The summed E-state index contributed by atoms with van der Waals surface area (Å²) < 4.78 is 6.86. The predicted molar refractivity (Wildman–Crippen MR) is 82.8 cm³/mol. The highest BCUT2D eigenvalue weighted by Crippen LogP contribution is 2.17. The lowest BCUT2D eigenvalue weighted by molar-refractivity contribution is 0.0781. The monoisotopic (exact) mass is 326 g/mol. The van der Waals surface area contributed by atoms with Crippen molar-refractivity contribution in [2.75, 3.05) is 39.3 Å². The molecule has 1 fully saturated rings. The Hall–Kier alpha value is -0.580. The number of piperazine rings is 1. The molecular formula is C15H23BrN2O. The van der Waals surface area contributed by atoms with Gasteiger partial charge in [-0.2, -0.15) is 0 Å². The molecule has 0 spiro atoms. The summed E-state index contributed by atoms with van der Waals surface area (Å²) >= 11 is 3.46. The second-order valence-electron chi connectivity index (χ2n) is 5.08. The summed E-state index contributed by atoms with van der Waals surface area (Å²) in [5.41, 5.74) is 0. The van der Waals surface area contributed by atoms with Crippen LogP contribution in [-0.4, -0.2) is 55.2 Å². The highest BCUT2D eigenvalue weighted by atomic mass is 79.9. The Kier molecular flexibility index (Phi) is 5.67. The Morgan fingerprint density at radius 2 is 2.21 bits per heavy atom. The molecule has 1 atom stereocenters. The Balaban J connectivity index is 1.72. The van der Waals surface area contributed by atoms with Gasteiger partial charge < -0.3 is 4.74 Å². The van der Waals surface area contributed by atoms with Crippen molar-refractivity contribution in [3.05, 3.63) is 28.7 Å². The number of halogens is 1. The molecule has 0 amide bonds. The first-order valence-electron chi connectivity index (χ1n) is 7.04. The highest BCUT2D eigenvalue weighted by molar-refractivity contribution is 9.10. The van der Waals surface area contributed by atoms with E-state index in [0.717, 1.165) is 43.0 Å². The lowest BCUT2D eigenvalue weighted by atomic mass is 10.2. The van der Waals surface area contributed by atoms with Crippen LogP contribution in [0.1, 0.15) is 13.8 Å². The largest absolute Gasteiger partial charge is 0.492 e. The van der Waals surface area contributed by atoms with E-state index in [9.17, 15) is 0 Å². The van der Waals surface area contributed by atoms with Crippen LogP contribution in [0.2, 0.25) is 0 Å². The Morgan fingerprint density at radius 1 is 1.37 bits per heavy atom. The molecule has 19 heavy (non-hydrogen) atoms. The van der Waals surface area contributed by atoms with E-state index in [0.29, 0.717) is 6.04 Å². The van der Waals surface area contributed by atoms with Crippen LogP contribution in [0.3, 0.4) is 0 Å². The van der Waals surface area contributed by atoms with Gasteiger partial charge in [-0.3, -0.25) is 9.80 Å². The first-order valence-corrected chi connectivity index (χ1v) is 7.83. The third-order valence-corrected chi connectivity index (χ3v) is 4.22. The molecule has 2 rings (SSSR count). The molecule has 1 aromatic carbocycles. The quantitative estimate of drug-likeness (QED) is 0.827. The molecule has 1 aliphatic rings. The molecule has 1 unspecified atom stereocenters. The van der Waals surface area contributed by atoms with Crippen molar-refractivity contribution in [2.45, 2.75) is 19.9 Å². The highest BCUT2D eigenvalue weighted by Gasteiger charge is 2.21. The van der Waals surface area contributed by atoms with E-state index in [-0.39, 0.29) is 0 Å². The van der Waals surface area contributed by atoms with E-state index in [1.54, 1.807) is 0 Å². The van der Waals surface area contributed by atoms with Crippen LogP contribution in [0.4, 0.5) is 0 Å². The van der Waals surface area contributed by atoms with Crippen molar-refractivity contribution < 1.29 is 4.74 Å². The van der Waals surface area contributed by atoms with Gasteiger partial charge in [0.1, 0.15) is 12.4 Å². The molecule has 1 heterocycles. The van der Waals surface area contributed by atoms with Crippen LogP contribution in [-0.2, 0) is 0 Å². The van der Waals surface area contributed by atoms with Gasteiger partial charge in [0.25, 0.3) is 0 Å². The Morgan fingerprint density at radius 3 is 2.89 bits per heavy atom. The maximum atomic E-state index is 5.79. The molecule has 1 saturated heterocycles. The van der Waals surface area contributed by atoms with Gasteiger partial charge in [0.2, 0.25) is 0 Å². The van der Waals surface area contributed by atoms with Crippen molar-refractivity contribution in [3.63, 3.8) is 0 Å². The van der Waals surface area contributed by atoms with Gasteiger partial charge in [0, 0.05) is 36.7 Å². The Bertz CT molecular complexity index is 399. The number of likely N-dealkylation sites (N-methyl/N-ethyl adjacent to an activating group) is 1. The molecule has 0 N–H and O–H groups in total. The SMILES string of the molecule is CCN1CCN(CCOc2cccc(Br)c2)CC1C. The molecule has 0 radical (unpaired) electrons. The number of hydrogen-bond donors (Lipinski definition) is 0. The number of rotatable bonds is 5. The van der Waals surface area contributed by atoms with Crippen molar-refractivity contribution in [1.29, 1.82) is 0 Å². The van der Waals surface area contributed by atoms with Crippen molar-refractivity contribution in [1.82, 2.24) is 9.80 Å². The topological polar surface area (TPSA) is 15.7 Å². The molecular weight excluding hydrogens is 304 g/mol. The zero-order valence-corrected chi connectivity index (χ0v) is 13.4. The number of nitrogens with zero attached hydrogens (tertiary/aromatic N) is 2. The first-order chi connectivity index (χ1) is 9.19. The van der Waals surface area contributed by atoms with Gasteiger partial charge in [-0.1, -0.05) is 28.9 Å². The standard InChI is InChI=1S/C15H23BrN2O/c1-3-18-8-7-17(12-13(18)2)9-10-19-15-6-4-5-14(16)11-15/h4-6,11,13H,3,7-10,12H2,1-2H3. The molecule has 0 aliphatic carbocycles. The maximum absolute atomic E-state index is 5.79. The fraction of sp³-hybridized carbons (Fsp3) is 0.600. The minimum absolute atomic E-state index is 0.657. The fourth-order valence-corrected chi connectivity index (χ4v) is 2.97. The molecule has 1 aliphatic heterocycles. The normalized spacial score (nSPS) is 21.5. The van der Waals surface area contributed by atoms with E-state index in [1.165, 1.54) is 6.54 Å². The second-order valence-corrected chi connectivity index (χ2v) is 6.00. The summed E-state index contributed by atoms with van der Waals surface area (Å²) in [6.45, 7) is 10.9. The number of hydrogen-bond acceptors (Lipinski definition) is 3. The minimum atomic E-state index is 0.657. The van der Waals surface area contributed by atoms with Crippen LogP contribution in [0.25, 0.3) is 0 Å². The third-order valence-electron chi connectivity index (χ3n) is 3.73. The van der Waals surface area contributed by atoms with Gasteiger partial charge in [0.15, 0.2) is 0 Å². The molecule has 106 valence electrons. The summed E-state index contributed by atoms with van der Waals surface area (Å²) in [5.74, 6) is 0.939. The van der Waals surface area contributed by atoms with Crippen LogP contribution in [0.15, 0.2) is 28.7 Å². The summed E-state index contributed by atoms with van der Waals surface area (Å²) in [5, 5.41) is 0. The lowest BCUT2D eigenvalue weighted by Crippen LogP contribution is -2.52. The number of ether oxygens (including phenoxy) is 1. The summed E-state index contributed by atoms with van der Waals surface area (Å²) in [6, 6.07) is 8.68. The fourth-order valence-electron chi connectivity index (χ4n) is 2.59. The van der Waals surface area contributed by atoms with Crippen molar-refractivity contribution in [2.24, 2.45) is 0 Å². The van der Waals surface area contributed by atoms with Crippen LogP contribution >= 0.6 is 15.9 Å². The molecule has 4 heteroatoms.